The van der Waals surface area contributed by atoms with E-state index in [1.807, 2.05) is 18.4 Å². The third-order valence-electron chi connectivity index (χ3n) is 1.18. The normalized spacial score (nSPS) is 9.42. The third kappa shape index (κ3) is 2.37. The highest BCUT2D eigenvalue weighted by Crippen LogP contribution is 2.08. The van der Waals surface area contributed by atoms with Crippen LogP contribution in [-0.4, -0.2) is 5.78 Å². The monoisotopic (exact) mass is 176 g/mol. The van der Waals surface area contributed by atoms with E-state index in [1.165, 1.54) is 11.3 Å². The molecule has 0 fully saturated rings. The molecular weight excluding hydrogens is 168 g/mol. The van der Waals surface area contributed by atoms with Gasteiger partial charge in [0.05, 0.1) is 4.88 Å². The molecule has 0 aliphatic rings. The summed E-state index contributed by atoms with van der Waals surface area (Å²) >= 11 is 1.41. The second kappa shape index (κ2) is 4.53. The summed E-state index contributed by atoms with van der Waals surface area (Å²) in [5.74, 6) is 5.06. The minimum atomic E-state index is -0.108. The number of allylic oxidation sites excluding steroid dienone is 2. The maximum absolute atomic E-state index is 11.2. The molecule has 0 aromatic carbocycles. The number of Topliss-reactive ketones (excluding diaryl/α,β-unsaturated/α-hetero) is 1. The van der Waals surface area contributed by atoms with Crippen molar-refractivity contribution in [1.29, 1.82) is 0 Å². The van der Waals surface area contributed by atoms with Gasteiger partial charge in [-0.1, -0.05) is 18.1 Å². The third-order valence-corrected chi connectivity index (χ3v) is 2.05. The molecule has 1 aromatic rings. The fourth-order valence-electron chi connectivity index (χ4n) is 0.660. The number of carbonyl (C=O) groups is 1. The Morgan fingerprint density at radius 1 is 1.67 bits per heavy atom. The molecule has 1 rings (SSSR count). The molecule has 0 spiro atoms. The lowest BCUT2D eigenvalue weighted by Crippen LogP contribution is -1.88. The van der Waals surface area contributed by atoms with E-state index in [9.17, 15) is 4.79 Å². The topological polar surface area (TPSA) is 17.1 Å². The fourth-order valence-corrected chi connectivity index (χ4v) is 1.28. The lowest BCUT2D eigenvalue weighted by molar-refractivity contribution is 0.106. The molecule has 0 bridgehead atoms. The summed E-state index contributed by atoms with van der Waals surface area (Å²) in [5, 5.41) is 1.87. The van der Waals surface area contributed by atoms with Crippen LogP contribution in [0.25, 0.3) is 0 Å². The standard InChI is InChI=1S/C10H8OS/c1-2-3-4-6-9(11)10-7-5-8-12-10/h2-3,5,7-8H,1H3/b3-2+. The lowest BCUT2D eigenvalue weighted by atomic mass is 10.3. The molecule has 0 aliphatic carbocycles. The van der Waals surface area contributed by atoms with E-state index < -0.39 is 0 Å². The first-order valence-corrected chi connectivity index (χ1v) is 4.43. The number of carbonyl (C=O) groups excluding carboxylic acids is 1. The zero-order valence-corrected chi connectivity index (χ0v) is 7.52. The van der Waals surface area contributed by atoms with Crippen LogP contribution in [0.2, 0.25) is 0 Å². The van der Waals surface area contributed by atoms with Gasteiger partial charge in [0.1, 0.15) is 0 Å². The zero-order chi connectivity index (χ0) is 8.81. The number of rotatable bonds is 1. The van der Waals surface area contributed by atoms with Crippen LogP contribution in [0, 0.1) is 11.8 Å². The smallest absolute Gasteiger partial charge is 0.246 e. The molecular formula is C10H8OS. The van der Waals surface area contributed by atoms with E-state index in [0.29, 0.717) is 4.88 Å². The Labute approximate surface area is 75.7 Å². The molecule has 2 heteroatoms. The Kier molecular flexibility index (Phi) is 3.31. The van der Waals surface area contributed by atoms with Gasteiger partial charge in [0.25, 0.3) is 0 Å². The quantitative estimate of drug-likeness (QED) is 0.365. The van der Waals surface area contributed by atoms with E-state index in [4.69, 9.17) is 0 Å². The molecule has 12 heavy (non-hydrogen) atoms. The summed E-state index contributed by atoms with van der Waals surface area (Å²) < 4.78 is 0. The highest BCUT2D eigenvalue weighted by Gasteiger charge is 2.00. The molecule has 0 radical (unpaired) electrons. The van der Waals surface area contributed by atoms with Gasteiger partial charge in [0, 0.05) is 0 Å². The van der Waals surface area contributed by atoms with Gasteiger partial charge in [0.15, 0.2) is 0 Å². The van der Waals surface area contributed by atoms with Crippen LogP contribution >= 0.6 is 11.3 Å². The summed E-state index contributed by atoms with van der Waals surface area (Å²) in [4.78, 5) is 11.9. The van der Waals surface area contributed by atoms with Crippen LogP contribution in [0.1, 0.15) is 16.6 Å². The molecule has 60 valence electrons. The van der Waals surface area contributed by atoms with E-state index in [1.54, 1.807) is 18.2 Å². The molecule has 1 heterocycles. The Hall–Kier alpha value is -1.33. The van der Waals surface area contributed by atoms with Gasteiger partial charge in [-0.2, -0.15) is 0 Å². The second-order valence-corrected chi connectivity index (χ2v) is 3.02. The van der Waals surface area contributed by atoms with Crippen molar-refractivity contribution in [3.63, 3.8) is 0 Å². The van der Waals surface area contributed by atoms with Crippen LogP contribution in [0.4, 0.5) is 0 Å². The molecule has 0 amide bonds. The first-order chi connectivity index (χ1) is 5.84. The minimum Gasteiger partial charge on any atom is -0.278 e. The lowest BCUT2D eigenvalue weighted by Gasteiger charge is -1.80. The number of hydrogen-bond acceptors (Lipinski definition) is 2. The summed E-state index contributed by atoms with van der Waals surface area (Å²) in [6.07, 6.45) is 3.46. The summed E-state index contributed by atoms with van der Waals surface area (Å²) in [6, 6.07) is 3.62. The molecule has 1 nitrogen and oxygen atoms in total. The molecule has 0 saturated heterocycles. The highest BCUT2D eigenvalue weighted by molar-refractivity contribution is 7.12. The first kappa shape index (κ1) is 8.76. The highest BCUT2D eigenvalue weighted by atomic mass is 32.1. The zero-order valence-electron chi connectivity index (χ0n) is 6.70. The van der Waals surface area contributed by atoms with Crippen LogP contribution in [-0.2, 0) is 0 Å². The Morgan fingerprint density at radius 2 is 2.50 bits per heavy atom. The van der Waals surface area contributed by atoms with Crippen molar-refractivity contribution >= 4 is 17.1 Å². The van der Waals surface area contributed by atoms with Crippen molar-refractivity contribution in [2.75, 3.05) is 0 Å². The molecule has 0 atom stereocenters. The van der Waals surface area contributed by atoms with E-state index >= 15 is 0 Å². The maximum Gasteiger partial charge on any atom is 0.246 e. The van der Waals surface area contributed by atoms with Crippen LogP contribution in [0.3, 0.4) is 0 Å². The van der Waals surface area contributed by atoms with Gasteiger partial charge in [-0.15, -0.1) is 11.3 Å². The van der Waals surface area contributed by atoms with Gasteiger partial charge < -0.3 is 0 Å². The maximum atomic E-state index is 11.2. The minimum absolute atomic E-state index is 0.108. The SMILES string of the molecule is C/C=C/C#CC(=O)c1cccs1. The van der Waals surface area contributed by atoms with Crippen LogP contribution < -0.4 is 0 Å². The van der Waals surface area contributed by atoms with Crippen LogP contribution in [0.5, 0.6) is 0 Å². The Balaban J connectivity index is 2.70. The number of ketones is 1. The van der Waals surface area contributed by atoms with Gasteiger partial charge in [-0.25, -0.2) is 0 Å². The van der Waals surface area contributed by atoms with E-state index in [2.05, 4.69) is 11.8 Å². The average molecular weight is 176 g/mol. The van der Waals surface area contributed by atoms with Crippen molar-refractivity contribution < 1.29 is 4.79 Å². The van der Waals surface area contributed by atoms with Crippen LogP contribution in [0.15, 0.2) is 29.7 Å². The predicted octanol–water partition coefficient (Wildman–Crippen LogP) is 2.51. The molecule has 1 aromatic heterocycles. The molecule has 0 aliphatic heterocycles. The van der Waals surface area contributed by atoms with Crippen molar-refractivity contribution in [2.24, 2.45) is 0 Å². The number of hydrogen-bond donors (Lipinski definition) is 0. The second-order valence-electron chi connectivity index (χ2n) is 2.08. The van der Waals surface area contributed by atoms with Crippen molar-refractivity contribution in [3.05, 3.63) is 34.5 Å². The van der Waals surface area contributed by atoms with Gasteiger partial charge in [-0.05, 0) is 30.4 Å². The summed E-state index contributed by atoms with van der Waals surface area (Å²) in [7, 11) is 0. The summed E-state index contributed by atoms with van der Waals surface area (Å²) in [5.41, 5.74) is 0. The van der Waals surface area contributed by atoms with Crippen molar-refractivity contribution in [1.82, 2.24) is 0 Å². The Bertz CT molecular complexity index is 336. The van der Waals surface area contributed by atoms with Gasteiger partial charge in [0.2, 0.25) is 5.78 Å². The van der Waals surface area contributed by atoms with E-state index in [0.717, 1.165) is 0 Å². The largest absolute Gasteiger partial charge is 0.278 e. The van der Waals surface area contributed by atoms with Crippen molar-refractivity contribution in [3.8, 4) is 11.8 Å². The average Bonchev–Trinajstić information content (AvgIpc) is 2.56. The fraction of sp³-hybridized carbons (Fsp3) is 0.100. The predicted molar refractivity (Wildman–Crippen MR) is 51.2 cm³/mol. The summed E-state index contributed by atoms with van der Waals surface area (Å²) in [6.45, 7) is 1.87. The van der Waals surface area contributed by atoms with Gasteiger partial charge >= 0.3 is 0 Å². The Morgan fingerprint density at radius 3 is 3.08 bits per heavy atom. The molecule has 0 N–H and O–H groups in total. The first-order valence-electron chi connectivity index (χ1n) is 3.55. The number of thiophene rings is 1. The van der Waals surface area contributed by atoms with E-state index in [-0.39, 0.29) is 5.78 Å². The van der Waals surface area contributed by atoms with Gasteiger partial charge in [-0.3, -0.25) is 4.79 Å². The van der Waals surface area contributed by atoms with Crippen molar-refractivity contribution in [2.45, 2.75) is 6.92 Å². The molecule has 0 unspecified atom stereocenters. The molecule has 0 saturated carbocycles.